The van der Waals surface area contributed by atoms with Crippen molar-refractivity contribution in [2.24, 2.45) is 7.05 Å². The Balaban J connectivity index is 1.25. The van der Waals surface area contributed by atoms with E-state index in [2.05, 4.69) is 21.2 Å². The first-order valence-electron chi connectivity index (χ1n) is 11.4. The van der Waals surface area contributed by atoms with Crippen LogP contribution in [0.3, 0.4) is 0 Å². The van der Waals surface area contributed by atoms with E-state index in [9.17, 15) is 4.79 Å². The van der Waals surface area contributed by atoms with Crippen molar-refractivity contribution in [2.75, 3.05) is 13.1 Å². The van der Waals surface area contributed by atoms with Gasteiger partial charge in [-0.1, -0.05) is 35.3 Å². The maximum absolute atomic E-state index is 13.3. The fraction of sp³-hybridized carbons (Fsp3) is 0.280. The van der Waals surface area contributed by atoms with Crippen molar-refractivity contribution in [1.82, 2.24) is 29.4 Å². The zero-order chi connectivity index (χ0) is 24.3. The second-order valence-electron chi connectivity index (χ2n) is 8.91. The summed E-state index contributed by atoms with van der Waals surface area (Å²) in [5.74, 6) is 1.34. The Morgan fingerprint density at radius 3 is 2.66 bits per heavy atom. The third-order valence-electron chi connectivity index (χ3n) is 6.83. The minimum absolute atomic E-state index is 0.140. The van der Waals surface area contributed by atoms with Crippen molar-refractivity contribution in [3.8, 4) is 22.7 Å². The highest BCUT2D eigenvalue weighted by molar-refractivity contribution is 6.35. The fourth-order valence-electron chi connectivity index (χ4n) is 5.05. The number of aromatic nitrogens is 5. The topological polar surface area (TPSA) is 78.1 Å². The molecule has 1 spiro atoms. The monoisotopic (exact) mass is 508 g/mol. The first-order valence-corrected chi connectivity index (χ1v) is 12.1. The maximum Gasteiger partial charge on any atom is 0.293 e. The molecule has 2 aliphatic heterocycles. The van der Waals surface area contributed by atoms with Crippen LogP contribution in [0.1, 0.15) is 34.8 Å². The maximum atomic E-state index is 13.3. The standard InChI is InChI=1S/C25H22Cl2N6O2/c1-15-29-23(30-33(15)20-8-7-16(26)13-19(20)27)24(34)32-11-9-25(10-12-32)18-14-28-31(2)22(18)17-5-3-4-6-21(17)35-25/h3-8,13-14H,9-12H2,1-2H3. The number of aryl methyl sites for hydroxylation is 2. The van der Waals surface area contributed by atoms with E-state index in [4.69, 9.17) is 27.9 Å². The normalized spacial score (nSPS) is 16.1. The number of carbonyl (C=O) groups excluding carboxylic acids is 1. The summed E-state index contributed by atoms with van der Waals surface area (Å²) in [6.45, 7) is 2.83. The van der Waals surface area contributed by atoms with Crippen molar-refractivity contribution in [3.63, 3.8) is 0 Å². The van der Waals surface area contributed by atoms with E-state index >= 15 is 0 Å². The minimum Gasteiger partial charge on any atom is -0.482 e. The molecule has 0 aliphatic carbocycles. The molecular weight excluding hydrogens is 487 g/mol. The zero-order valence-electron chi connectivity index (χ0n) is 19.2. The van der Waals surface area contributed by atoms with Crippen molar-refractivity contribution in [2.45, 2.75) is 25.4 Å². The van der Waals surface area contributed by atoms with Crippen LogP contribution in [0.25, 0.3) is 16.9 Å². The van der Waals surface area contributed by atoms with Crippen LogP contribution in [0.15, 0.2) is 48.7 Å². The molecule has 0 atom stereocenters. The Morgan fingerprint density at radius 1 is 1.11 bits per heavy atom. The third kappa shape index (κ3) is 3.51. The second kappa shape index (κ2) is 8.10. The van der Waals surface area contributed by atoms with Gasteiger partial charge in [-0.05, 0) is 37.3 Å². The van der Waals surface area contributed by atoms with Crippen LogP contribution in [-0.4, -0.2) is 48.4 Å². The number of benzene rings is 2. The molecule has 2 aromatic carbocycles. The van der Waals surface area contributed by atoms with Crippen LogP contribution in [0.2, 0.25) is 10.0 Å². The molecule has 0 bridgehead atoms. The molecule has 35 heavy (non-hydrogen) atoms. The van der Waals surface area contributed by atoms with Gasteiger partial charge in [0.05, 0.1) is 22.6 Å². The SMILES string of the molecule is Cc1nc(C(=O)N2CCC3(CC2)Oc2ccccc2-c2c3cnn2C)nn1-c1ccc(Cl)cc1Cl. The molecule has 2 aromatic heterocycles. The average Bonchev–Trinajstić information content (AvgIpc) is 3.43. The number of piperidine rings is 1. The molecule has 4 heterocycles. The predicted octanol–water partition coefficient (Wildman–Crippen LogP) is 4.81. The Kier molecular flexibility index (Phi) is 5.12. The third-order valence-corrected chi connectivity index (χ3v) is 7.37. The molecule has 178 valence electrons. The molecule has 0 N–H and O–H groups in total. The Labute approximate surface area is 212 Å². The van der Waals surface area contributed by atoms with E-state index in [1.807, 2.05) is 36.1 Å². The average molecular weight is 509 g/mol. The smallest absolute Gasteiger partial charge is 0.293 e. The van der Waals surface area contributed by atoms with E-state index in [0.29, 0.717) is 47.5 Å². The van der Waals surface area contributed by atoms with Gasteiger partial charge < -0.3 is 9.64 Å². The molecular formula is C25H22Cl2N6O2. The van der Waals surface area contributed by atoms with Crippen LogP contribution in [0.5, 0.6) is 5.75 Å². The molecule has 0 saturated carbocycles. The highest BCUT2D eigenvalue weighted by Crippen LogP contribution is 2.49. The van der Waals surface area contributed by atoms with Crippen molar-refractivity contribution in [1.29, 1.82) is 0 Å². The first kappa shape index (κ1) is 22.1. The summed E-state index contributed by atoms with van der Waals surface area (Å²) in [6.07, 6.45) is 3.19. The van der Waals surface area contributed by atoms with E-state index in [1.165, 1.54) is 0 Å². The highest BCUT2D eigenvalue weighted by Gasteiger charge is 2.46. The minimum atomic E-state index is -0.520. The van der Waals surface area contributed by atoms with Gasteiger partial charge in [0.15, 0.2) is 0 Å². The molecule has 0 radical (unpaired) electrons. The molecule has 1 amide bonds. The number of hydrogen-bond acceptors (Lipinski definition) is 5. The molecule has 10 heteroatoms. The predicted molar refractivity (Wildman–Crippen MR) is 132 cm³/mol. The largest absolute Gasteiger partial charge is 0.482 e. The van der Waals surface area contributed by atoms with Crippen molar-refractivity contribution >= 4 is 29.1 Å². The molecule has 2 aliphatic rings. The summed E-state index contributed by atoms with van der Waals surface area (Å²) in [4.78, 5) is 19.5. The van der Waals surface area contributed by atoms with Gasteiger partial charge in [-0.15, -0.1) is 5.10 Å². The zero-order valence-corrected chi connectivity index (χ0v) is 20.7. The molecule has 0 unspecified atom stereocenters. The summed E-state index contributed by atoms with van der Waals surface area (Å²) in [6, 6.07) is 13.2. The molecule has 1 saturated heterocycles. The quantitative estimate of drug-likeness (QED) is 0.388. The van der Waals surface area contributed by atoms with E-state index in [1.54, 1.807) is 34.7 Å². The summed E-state index contributed by atoms with van der Waals surface area (Å²) in [5, 5.41) is 9.94. The van der Waals surface area contributed by atoms with Crippen LogP contribution in [0.4, 0.5) is 0 Å². The lowest BCUT2D eigenvalue weighted by Crippen LogP contribution is -2.49. The number of amides is 1. The second-order valence-corrected chi connectivity index (χ2v) is 9.75. The number of carbonyl (C=O) groups is 1. The lowest BCUT2D eigenvalue weighted by Gasteiger charge is -2.44. The van der Waals surface area contributed by atoms with Crippen LogP contribution in [0, 0.1) is 6.92 Å². The number of para-hydroxylation sites is 1. The van der Waals surface area contributed by atoms with E-state index < -0.39 is 5.60 Å². The van der Waals surface area contributed by atoms with E-state index in [0.717, 1.165) is 22.6 Å². The highest BCUT2D eigenvalue weighted by atomic mass is 35.5. The molecule has 1 fully saturated rings. The van der Waals surface area contributed by atoms with Gasteiger partial charge in [-0.3, -0.25) is 9.48 Å². The van der Waals surface area contributed by atoms with Gasteiger partial charge in [-0.25, -0.2) is 9.67 Å². The number of halogens is 2. The van der Waals surface area contributed by atoms with Crippen molar-refractivity contribution < 1.29 is 9.53 Å². The number of hydrogen-bond donors (Lipinski definition) is 0. The molecule has 4 aromatic rings. The van der Waals surface area contributed by atoms with Crippen molar-refractivity contribution in [3.05, 3.63) is 75.9 Å². The van der Waals surface area contributed by atoms with Gasteiger partial charge in [-0.2, -0.15) is 5.10 Å². The number of nitrogens with zero attached hydrogens (tertiary/aromatic N) is 6. The number of fused-ring (bicyclic) bond motifs is 4. The Hall–Kier alpha value is -3.36. The van der Waals surface area contributed by atoms with Gasteiger partial charge >= 0.3 is 0 Å². The van der Waals surface area contributed by atoms with E-state index in [-0.39, 0.29) is 11.7 Å². The Morgan fingerprint density at radius 2 is 1.89 bits per heavy atom. The lowest BCUT2D eigenvalue weighted by atomic mass is 9.81. The summed E-state index contributed by atoms with van der Waals surface area (Å²) >= 11 is 12.4. The fourth-order valence-corrected chi connectivity index (χ4v) is 5.54. The van der Waals surface area contributed by atoms with Crippen LogP contribution < -0.4 is 4.74 Å². The molecule has 8 nitrogen and oxygen atoms in total. The Bertz CT molecular complexity index is 1470. The number of rotatable bonds is 2. The summed E-state index contributed by atoms with van der Waals surface area (Å²) < 4.78 is 10.1. The number of ether oxygens (including phenoxy) is 1. The number of likely N-dealkylation sites (tertiary alicyclic amines) is 1. The van der Waals surface area contributed by atoms with Crippen LogP contribution in [-0.2, 0) is 12.6 Å². The van der Waals surface area contributed by atoms with Gasteiger partial charge in [0, 0.05) is 49.1 Å². The summed E-state index contributed by atoms with van der Waals surface area (Å²) in [5.41, 5.74) is 3.28. The van der Waals surface area contributed by atoms with Gasteiger partial charge in [0.25, 0.3) is 5.91 Å². The summed E-state index contributed by atoms with van der Waals surface area (Å²) in [7, 11) is 1.95. The first-order chi connectivity index (χ1) is 16.9. The van der Waals surface area contributed by atoms with Crippen LogP contribution >= 0.6 is 23.2 Å². The molecule has 6 rings (SSSR count). The van der Waals surface area contributed by atoms with Gasteiger partial charge in [0.2, 0.25) is 5.82 Å². The lowest BCUT2D eigenvalue weighted by molar-refractivity contribution is -0.00208. The van der Waals surface area contributed by atoms with Gasteiger partial charge in [0.1, 0.15) is 17.2 Å².